The van der Waals surface area contributed by atoms with Gasteiger partial charge in [-0.05, 0) is 104 Å². The number of aliphatic hydroxyl groups excluding tert-OH is 4. The van der Waals surface area contributed by atoms with Crippen LogP contribution in [0, 0.1) is 46.3 Å². The van der Waals surface area contributed by atoms with Gasteiger partial charge in [0.15, 0.2) is 0 Å². The van der Waals surface area contributed by atoms with Crippen LogP contribution in [0.2, 0.25) is 0 Å². The molecule has 2 heterocycles. The zero-order valence-electron chi connectivity index (χ0n) is 30.9. The summed E-state index contributed by atoms with van der Waals surface area (Å²) >= 11 is 1.32. The van der Waals surface area contributed by atoms with Gasteiger partial charge in [0.2, 0.25) is 0 Å². The highest BCUT2D eigenvalue weighted by molar-refractivity contribution is 8.00. The van der Waals surface area contributed by atoms with Crippen LogP contribution in [0.4, 0.5) is 0 Å². The summed E-state index contributed by atoms with van der Waals surface area (Å²) in [7, 11) is 0. The first-order valence-electron chi connectivity index (χ1n) is 19.7. The molecule has 2 aliphatic heterocycles. The molecule has 49 heavy (non-hydrogen) atoms. The lowest BCUT2D eigenvalue weighted by molar-refractivity contribution is -0.205. The molecular formula is C39H67N3O6S. The van der Waals surface area contributed by atoms with Gasteiger partial charge in [0.25, 0.3) is 0 Å². The Hall–Kier alpha value is -0.850. The van der Waals surface area contributed by atoms with Crippen molar-refractivity contribution in [2.24, 2.45) is 46.3 Å². The highest BCUT2D eigenvalue weighted by Crippen LogP contribution is 2.67. The van der Waals surface area contributed by atoms with Gasteiger partial charge in [0, 0.05) is 25.1 Å². The molecule has 10 heteroatoms. The molecule has 0 aromatic heterocycles. The molecule has 6 aliphatic rings. The molecule has 0 radical (unpaired) electrons. The second kappa shape index (κ2) is 16.0. The van der Waals surface area contributed by atoms with E-state index in [1.54, 1.807) is 5.57 Å². The molecule has 4 aliphatic carbocycles. The summed E-state index contributed by atoms with van der Waals surface area (Å²) in [5.41, 5.74) is 9.10. The van der Waals surface area contributed by atoms with Crippen molar-refractivity contribution >= 4 is 11.8 Å². The Morgan fingerprint density at radius 1 is 1.00 bits per heavy atom. The van der Waals surface area contributed by atoms with Gasteiger partial charge in [-0.15, -0.1) is 17.3 Å². The Bertz CT molecular complexity index is 1170. The van der Waals surface area contributed by atoms with Gasteiger partial charge in [0.05, 0.1) is 18.4 Å². The van der Waals surface area contributed by atoms with Crippen molar-refractivity contribution in [2.45, 2.75) is 148 Å². The van der Waals surface area contributed by atoms with E-state index in [1.807, 2.05) is 11.2 Å². The lowest BCUT2D eigenvalue weighted by Gasteiger charge is -2.58. The fourth-order valence-corrected chi connectivity index (χ4v) is 12.3. The number of fused-ring (bicyclic) bond motifs is 5. The molecule has 13 atom stereocenters. The SMILES string of the molecule is CC(C)CCC[C@@H](C)[C@H]1CC[C@H]2[C@@H]3CC=C4C[C@@H](OCCCN5C=C(CS[C@@H]6O[C@H](CO)[C@H](O)[C@H](O)[C@H]6O)NN5)CC[C@]4(C)[C@H]3CC[C@]12C. The van der Waals surface area contributed by atoms with E-state index in [4.69, 9.17) is 9.47 Å². The van der Waals surface area contributed by atoms with Gasteiger partial charge in [0.1, 0.15) is 29.9 Å². The van der Waals surface area contributed by atoms with E-state index in [-0.39, 0.29) is 0 Å². The molecule has 3 saturated carbocycles. The summed E-state index contributed by atoms with van der Waals surface area (Å²) in [6.45, 7) is 13.7. The molecular weight excluding hydrogens is 639 g/mol. The lowest BCUT2D eigenvalue weighted by Crippen LogP contribution is -2.57. The van der Waals surface area contributed by atoms with E-state index in [9.17, 15) is 20.4 Å². The Morgan fingerprint density at radius 3 is 2.59 bits per heavy atom. The summed E-state index contributed by atoms with van der Waals surface area (Å²) in [5, 5.41) is 41.8. The average molecular weight is 706 g/mol. The summed E-state index contributed by atoms with van der Waals surface area (Å²) < 4.78 is 12.1. The topological polar surface area (TPSA) is 127 Å². The average Bonchev–Trinajstić information content (AvgIpc) is 3.69. The van der Waals surface area contributed by atoms with Crippen LogP contribution in [0.5, 0.6) is 0 Å². The molecule has 0 amide bonds. The van der Waals surface area contributed by atoms with Crippen molar-refractivity contribution in [2.75, 3.05) is 25.5 Å². The van der Waals surface area contributed by atoms with Crippen LogP contribution >= 0.6 is 11.8 Å². The zero-order valence-corrected chi connectivity index (χ0v) is 31.7. The second-order valence-electron chi connectivity index (χ2n) is 17.5. The van der Waals surface area contributed by atoms with E-state index in [0.717, 1.165) is 73.6 Å². The predicted octanol–water partition coefficient (Wildman–Crippen LogP) is 5.50. The molecule has 0 spiro atoms. The Balaban J connectivity index is 0.935. The van der Waals surface area contributed by atoms with Gasteiger partial charge >= 0.3 is 0 Å². The maximum atomic E-state index is 10.3. The van der Waals surface area contributed by atoms with Crippen molar-refractivity contribution < 1.29 is 29.9 Å². The minimum absolute atomic E-state index is 0.318. The number of nitrogens with one attached hydrogen (secondary N) is 2. The van der Waals surface area contributed by atoms with E-state index >= 15 is 0 Å². The Labute approximate surface area is 300 Å². The third-order valence-corrected chi connectivity index (χ3v) is 15.3. The third-order valence-electron chi connectivity index (χ3n) is 14.1. The summed E-state index contributed by atoms with van der Waals surface area (Å²) in [5.74, 6) is 5.73. The first-order valence-corrected chi connectivity index (χ1v) is 20.7. The number of rotatable bonds is 14. The molecule has 6 N–H and O–H groups in total. The highest BCUT2D eigenvalue weighted by Gasteiger charge is 2.59. The summed E-state index contributed by atoms with van der Waals surface area (Å²) in [6.07, 6.45) is 15.9. The smallest absolute Gasteiger partial charge is 0.132 e. The maximum Gasteiger partial charge on any atom is 0.132 e. The fraction of sp³-hybridized carbons (Fsp3) is 0.897. The summed E-state index contributed by atoms with van der Waals surface area (Å²) in [6, 6.07) is 0. The van der Waals surface area contributed by atoms with Crippen molar-refractivity contribution in [1.82, 2.24) is 16.0 Å². The fourth-order valence-electron chi connectivity index (χ4n) is 11.2. The minimum atomic E-state index is -1.35. The Morgan fingerprint density at radius 2 is 1.82 bits per heavy atom. The van der Waals surface area contributed by atoms with Crippen molar-refractivity contribution in [3.05, 3.63) is 23.5 Å². The maximum absolute atomic E-state index is 10.3. The number of nitrogens with zero attached hydrogens (tertiary/aromatic N) is 1. The number of thioether (sulfide) groups is 1. The van der Waals surface area contributed by atoms with Gasteiger partial charge in [-0.2, -0.15) is 0 Å². The number of ether oxygens (including phenoxy) is 2. The molecule has 1 saturated heterocycles. The quantitative estimate of drug-likeness (QED) is 0.102. The van der Waals surface area contributed by atoms with Crippen LogP contribution in [0.25, 0.3) is 0 Å². The standard InChI is InChI=1S/C39H67N3O6S/c1-24(2)8-6-9-25(3)30-12-13-31-29-11-10-26-20-28(14-16-38(26,4)32(29)15-17-39(30,31)5)47-19-7-18-42-21-27(40-41-42)23-49-37-36(46)35(45)34(44)33(22-43)48-37/h10,21,24-25,28-37,40-41,43-46H,6-9,11-20,22-23H2,1-5H3/t25-,28+,29+,30-,31+,32+,33-,34+,35+,36-,37+,38+,39-/m1/s1. The normalized spacial score (nSPS) is 42.6. The van der Waals surface area contributed by atoms with Gasteiger partial charge < -0.3 is 35.3 Å². The van der Waals surface area contributed by atoms with E-state index in [0.29, 0.717) is 22.7 Å². The van der Waals surface area contributed by atoms with Crippen molar-refractivity contribution in [3.8, 4) is 0 Å². The molecule has 0 aromatic rings. The van der Waals surface area contributed by atoms with Gasteiger partial charge in [-0.25, -0.2) is 0 Å². The number of aliphatic hydroxyl groups is 4. The van der Waals surface area contributed by atoms with E-state index in [2.05, 4.69) is 51.7 Å². The molecule has 0 unspecified atom stereocenters. The largest absolute Gasteiger partial charge is 0.394 e. The third kappa shape index (κ3) is 7.92. The van der Waals surface area contributed by atoms with Crippen molar-refractivity contribution in [3.63, 3.8) is 0 Å². The number of hydrogen-bond acceptors (Lipinski definition) is 10. The number of allylic oxidation sites excluding steroid dienone is 1. The van der Waals surface area contributed by atoms with Gasteiger partial charge in [-0.3, -0.25) is 5.01 Å². The van der Waals surface area contributed by atoms with Gasteiger partial charge in [-0.1, -0.05) is 65.5 Å². The van der Waals surface area contributed by atoms with E-state index in [1.165, 1.54) is 69.5 Å². The minimum Gasteiger partial charge on any atom is -0.394 e. The highest BCUT2D eigenvalue weighted by atomic mass is 32.2. The van der Waals surface area contributed by atoms with Crippen LogP contribution < -0.4 is 11.0 Å². The predicted molar refractivity (Wildman–Crippen MR) is 195 cm³/mol. The lowest BCUT2D eigenvalue weighted by atomic mass is 9.47. The monoisotopic (exact) mass is 705 g/mol. The molecule has 0 aromatic carbocycles. The van der Waals surface area contributed by atoms with Crippen LogP contribution in [-0.2, 0) is 9.47 Å². The van der Waals surface area contributed by atoms with E-state index < -0.39 is 36.5 Å². The molecule has 0 bridgehead atoms. The Kier molecular flexibility index (Phi) is 12.4. The number of hydrazine groups is 2. The first-order chi connectivity index (χ1) is 23.4. The first kappa shape index (κ1) is 37.9. The molecule has 4 fully saturated rings. The van der Waals surface area contributed by atoms with Crippen LogP contribution in [0.15, 0.2) is 23.5 Å². The van der Waals surface area contributed by atoms with Crippen LogP contribution in [0.3, 0.4) is 0 Å². The molecule has 9 nitrogen and oxygen atoms in total. The van der Waals surface area contributed by atoms with Crippen LogP contribution in [0.1, 0.15) is 112 Å². The van der Waals surface area contributed by atoms with Crippen molar-refractivity contribution in [1.29, 1.82) is 0 Å². The summed E-state index contributed by atoms with van der Waals surface area (Å²) in [4.78, 5) is 0. The molecule has 280 valence electrons. The number of hydrogen-bond donors (Lipinski definition) is 6. The van der Waals surface area contributed by atoms with Crippen LogP contribution in [-0.4, -0.2) is 86.9 Å². The molecule has 6 rings (SSSR count). The zero-order chi connectivity index (χ0) is 34.9. The second-order valence-corrected chi connectivity index (χ2v) is 18.6.